The van der Waals surface area contributed by atoms with Crippen LogP contribution in [0.2, 0.25) is 5.02 Å². The van der Waals surface area contributed by atoms with Crippen molar-refractivity contribution in [1.29, 1.82) is 0 Å². The third-order valence-corrected chi connectivity index (χ3v) is 3.18. The van der Waals surface area contributed by atoms with E-state index in [1.165, 1.54) is 17.4 Å². The fourth-order valence-electron chi connectivity index (χ4n) is 1.28. The molecule has 6 heteroatoms. The van der Waals surface area contributed by atoms with Gasteiger partial charge in [-0.2, -0.15) is 0 Å². The van der Waals surface area contributed by atoms with Gasteiger partial charge in [-0.05, 0) is 12.1 Å². The summed E-state index contributed by atoms with van der Waals surface area (Å²) in [7, 11) is 0. The number of aromatic nitrogens is 1. The zero-order chi connectivity index (χ0) is 11.5. The van der Waals surface area contributed by atoms with E-state index in [4.69, 9.17) is 17.5 Å². The Bertz CT molecular complexity index is 483. The van der Waals surface area contributed by atoms with Crippen molar-refractivity contribution in [1.82, 2.24) is 4.98 Å². The first kappa shape index (κ1) is 11.5. The van der Waals surface area contributed by atoms with Crippen molar-refractivity contribution in [3.63, 3.8) is 0 Å². The van der Waals surface area contributed by atoms with Crippen LogP contribution in [0.1, 0.15) is 5.69 Å². The monoisotopic (exact) mass is 258 g/mol. The highest BCUT2D eigenvalue weighted by molar-refractivity contribution is 7.13. The summed E-state index contributed by atoms with van der Waals surface area (Å²) in [6.45, 7) is 0.197. The lowest BCUT2D eigenvalue weighted by molar-refractivity contribution is 0.122. The Morgan fingerprint density at radius 2 is 2.31 bits per heavy atom. The molecule has 0 unspecified atom stereocenters. The van der Waals surface area contributed by atoms with Gasteiger partial charge >= 0.3 is 0 Å². The van der Waals surface area contributed by atoms with Gasteiger partial charge in [-0.3, -0.25) is 4.84 Å². The van der Waals surface area contributed by atoms with Crippen LogP contribution in [0.15, 0.2) is 23.6 Å². The molecule has 0 fully saturated rings. The highest BCUT2D eigenvalue weighted by atomic mass is 35.5. The maximum atomic E-state index is 13.6. The lowest BCUT2D eigenvalue weighted by atomic mass is 10.2. The maximum Gasteiger partial charge on any atom is 0.134 e. The molecule has 0 aliphatic carbocycles. The van der Waals surface area contributed by atoms with Crippen molar-refractivity contribution in [3.8, 4) is 10.6 Å². The Morgan fingerprint density at radius 1 is 1.50 bits per heavy atom. The van der Waals surface area contributed by atoms with Crippen LogP contribution in [0.25, 0.3) is 10.6 Å². The maximum absolute atomic E-state index is 13.6. The molecule has 0 saturated heterocycles. The van der Waals surface area contributed by atoms with Crippen LogP contribution in [-0.4, -0.2) is 4.98 Å². The average Bonchev–Trinajstić information content (AvgIpc) is 2.67. The van der Waals surface area contributed by atoms with Gasteiger partial charge < -0.3 is 0 Å². The van der Waals surface area contributed by atoms with Crippen LogP contribution in [0.5, 0.6) is 0 Å². The Labute approximate surface area is 101 Å². The molecule has 84 valence electrons. The number of hydrogen-bond donors (Lipinski definition) is 1. The Morgan fingerprint density at radius 3 is 3.00 bits per heavy atom. The minimum absolute atomic E-state index is 0.197. The predicted molar refractivity (Wildman–Crippen MR) is 61.5 cm³/mol. The molecule has 3 nitrogen and oxygen atoms in total. The van der Waals surface area contributed by atoms with Crippen LogP contribution in [0, 0.1) is 5.82 Å². The Kier molecular flexibility index (Phi) is 3.50. The third-order valence-electron chi connectivity index (χ3n) is 1.96. The first-order valence-corrected chi connectivity index (χ1v) is 5.68. The minimum atomic E-state index is -0.387. The second-order valence-corrected chi connectivity index (χ2v) is 4.32. The predicted octanol–water partition coefficient (Wildman–Crippen LogP) is 2.99. The van der Waals surface area contributed by atoms with E-state index in [-0.39, 0.29) is 12.4 Å². The van der Waals surface area contributed by atoms with E-state index >= 15 is 0 Å². The van der Waals surface area contributed by atoms with Gasteiger partial charge in [-0.1, -0.05) is 17.7 Å². The minimum Gasteiger partial charge on any atom is -0.298 e. The molecule has 16 heavy (non-hydrogen) atoms. The summed E-state index contributed by atoms with van der Waals surface area (Å²) >= 11 is 7.22. The summed E-state index contributed by atoms with van der Waals surface area (Å²) in [6, 6.07) is 4.53. The SMILES string of the molecule is NOCc1csc(-c2c(F)cccc2Cl)n1. The van der Waals surface area contributed by atoms with Gasteiger partial charge in [0, 0.05) is 5.38 Å². The largest absolute Gasteiger partial charge is 0.298 e. The zero-order valence-corrected chi connectivity index (χ0v) is 9.69. The van der Waals surface area contributed by atoms with Gasteiger partial charge in [0.2, 0.25) is 0 Å². The zero-order valence-electron chi connectivity index (χ0n) is 8.11. The molecule has 1 heterocycles. The molecule has 0 saturated carbocycles. The molecule has 1 aromatic carbocycles. The lowest BCUT2D eigenvalue weighted by Gasteiger charge is -2.01. The van der Waals surface area contributed by atoms with E-state index in [2.05, 4.69) is 9.82 Å². The Hall–Kier alpha value is -1.01. The van der Waals surface area contributed by atoms with E-state index in [1.54, 1.807) is 17.5 Å². The van der Waals surface area contributed by atoms with Crippen molar-refractivity contribution in [2.24, 2.45) is 5.90 Å². The molecule has 2 N–H and O–H groups in total. The quantitative estimate of drug-likeness (QED) is 0.861. The van der Waals surface area contributed by atoms with Crippen molar-refractivity contribution < 1.29 is 9.23 Å². The topological polar surface area (TPSA) is 48.1 Å². The van der Waals surface area contributed by atoms with E-state index in [0.29, 0.717) is 21.3 Å². The standard InChI is InChI=1S/C10H8ClFN2OS/c11-7-2-1-3-8(12)9(7)10-14-6(4-15-13)5-16-10/h1-3,5H,4,13H2. The summed E-state index contributed by atoms with van der Waals surface area (Å²) in [4.78, 5) is 8.64. The number of halogens is 2. The van der Waals surface area contributed by atoms with Crippen molar-refractivity contribution in [2.75, 3.05) is 0 Å². The highest BCUT2D eigenvalue weighted by Gasteiger charge is 2.13. The Balaban J connectivity index is 2.42. The summed E-state index contributed by atoms with van der Waals surface area (Å²) in [5.74, 6) is 4.55. The summed E-state index contributed by atoms with van der Waals surface area (Å²) in [6.07, 6.45) is 0. The van der Waals surface area contributed by atoms with Crippen LogP contribution in [0.4, 0.5) is 4.39 Å². The molecular weight excluding hydrogens is 251 g/mol. The first-order chi connectivity index (χ1) is 7.72. The number of nitrogens with zero attached hydrogens (tertiary/aromatic N) is 1. The molecule has 0 aliphatic heterocycles. The third kappa shape index (κ3) is 2.22. The molecule has 2 aromatic rings. The number of nitrogens with two attached hydrogens (primary N) is 1. The molecular formula is C10H8ClFN2OS. The lowest BCUT2D eigenvalue weighted by Crippen LogP contribution is -1.98. The number of rotatable bonds is 3. The van der Waals surface area contributed by atoms with Gasteiger partial charge in [0.05, 0.1) is 16.3 Å². The smallest absolute Gasteiger partial charge is 0.134 e. The number of thiazole rings is 1. The molecule has 0 bridgehead atoms. The van der Waals surface area contributed by atoms with Gasteiger partial charge in [-0.25, -0.2) is 15.3 Å². The molecule has 0 amide bonds. The second-order valence-electron chi connectivity index (χ2n) is 3.05. The molecule has 0 radical (unpaired) electrons. The fraction of sp³-hybridized carbons (Fsp3) is 0.100. The van der Waals surface area contributed by atoms with E-state index < -0.39 is 0 Å². The summed E-state index contributed by atoms with van der Waals surface area (Å²) in [5.41, 5.74) is 0.972. The molecule has 0 aliphatic rings. The molecule has 2 rings (SSSR count). The molecule has 0 spiro atoms. The van der Waals surface area contributed by atoms with Gasteiger partial charge in [0.1, 0.15) is 17.4 Å². The van der Waals surface area contributed by atoms with E-state index in [9.17, 15) is 4.39 Å². The van der Waals surface area contributed by atoms with Gasteiger partial charge in [0.15, 0.2) is 0 Å². The van der Waals surface area contributed by atoms with Gasteiger partial charge in [-0.15, -0.1) is 11.3 Å². The number of hydrogen-bond acceptors (Lipinski definition) is 4. The average molecular weight is 259 g/mol. The second kappa shape index (κ2) is 4.88. The van der Waals surface area contributed by atoms with Crippen molar-refractivity contribution >= 4 is 22.9 Å². The first-order valence-electron chi connectivity index (χ1n) is 4.43. The van der Waals surface area contributed by atoms with Crippen molar-refractivity contribution in [3.05, 3.63) is 40.1 Å². The number of benzene rings is 1. The van der Waals surface area contributed by atoms with Gasteiger partial charge in [0.25, 0.3) is 0 Å². The highest BCUT2D eigenvalue weighted by Crippen LogP contribution is 2.32. The summed E-state index contributed by atoms with van der Waals surface area (Å²) in [5, 5.41) is 2.62. The van der Waals surface area contributed by atoms with Crippen LogP contribution in [0.3, 0.4) is 0 Å². The summed E-state index contributed by atoms with van der Waals surface area (Å²) < 4.78 is 13.6. The molecule has 1 aromatic heterocycles. The van der Waals surface area contributed by atoms with E-state index in [0.717, 1.165) is 0 Å². The van der Waals surface area contributed by atoms with Crippen LogP contribution < -0.4 is 5.90 Å². The van der Waals surface area contributed by atoms with E-state index in [1.807, 2.05) is 0 Å². The van der Waals surface area contributed by atoms with Crippen LogP contribution in [-0.2, 0) is 11.4 Å². The van der Waals surface area contributed by atoms with Crippen LogP contribution >= 0.6 is 22.9 Å². The van der Waals surface area contributed by atoms with Crippen molar-refractivity contribution in [2.45, 2.75) is 6.61 Å². The molecule has 0 atom stereocenters. The fourth-order valence-corrected chi connectivity index (χ4v) is 2.45. The normalized spacial score (nSPS) is 10.7.